The maximum atomic E-state index is 11.1. The van der Waals surface area contributed by atoms with E-state index in [-0.39, 0.29) is 30.5 Å². The van der Waals surface area contributed by atoms with Crippen LogP contribution in [0.4, 0.5) is 0 Å². The minimum Gasteiger partial charge on any atom is -0.504 e. The van der Waals surface area contributed by atoms with E-state index in [0.717, 1.165) is 30.4 Å². The van der Waals surface area contributed by atoms with E-state index in [0.29, 0.717) is 5.75 Å². The van der Waals surface area contributed by atoms with Gasteiger partial charge in [0.2, 0.25) is 0 Å². The van der Waals surface area contributed by atoms with Crippen LogP contribution < -0.4 is 10.1 Å². The number of aromatic hydroxyl groups is 1. The molecule has 3 N–H and O–H groups in total. The van der Waals surface area contributed by atoms with Gasteiger partial charge < -0.3 is 29.9 Å². The van der Waals surface area contributed by atoms with Crippen molar-refractivity contribution in [3.8, 4) is 11.5 Å². The van der Waals surface area contributed by atoms with E-state index < -0.39 is 17.0 Å². The number of methoxy groups -OCH3 is 1. The van der Waals surface area contributed by atoms with Crippen LogP contribution in [0.2, 0.25) is 0 Å². The number of hydrogen-bond donors (Lipinski definition) is 3. The van der Waals surface area contributed by atoms with Crippen molar-refractivity contribution in [2.75, 3.05) is 27.7 Å². The fourth-order valence-corrected chi connectivity index (χ4v) is 5.94. The number of nitrogens with zero attached hydrogens (tertiary/aromatic N) is 1. The van der Waals surface area contributed by atoms with E-state index in [1.165, 1.54) is 0 Å². The highest BCUT2D eigenvalue weighted by Gasteiger charge is 2.69. The minimum atomic E-state index is -0.891. The number of hydrogen-bond acceptors (Lipinski definition) is 6. The van der Waals surface area contributed by atoms with Crippen LogP contribution in [0.5, 0.6) is 11.5 Å². The first-order chi connectivity index (χ1) is 12.8. The first-order valence-electron chi connectivity index (χ1n) is 9.45. The molecule has 5 atom stereocenters. The zero-order valence-corrected chi connectivity index (χ0v) is 16.3. The van der Waals surface area contributed by atoms with Crippen molar-refractivity contribution < 1.29 is 24.5 Å². The molecule has 7 heteroatoms. The van der Waals surface area contributed by atoms with Gasteiger partial charge in [0.05, 0.1) is 17.6 Å². The Morgan fingerprint density at radius 1 is 1.44 bits per heavy atom. The van der Waals surface area contributed by atoms with Gasteiger partial charge in [-0.2, -0.15) is 0 Å². The molecule has 2 aliphatic carbocycles. The molecule has 0 bridgehead atoms. The first-order valence-corrected chi connectivity index (χ1v) is 9.45. The third-order valence-electron chi connectivity index (χ3n) is 7.08. The lowest BCUT2D eigenvalue weighted by atomic mass is 9.52. The van der Waals surface area contributed by atoms with E-state index in [1.54, 1.807) is 13.2 Å². The Morgan fingerprint density at radius 3 is 2.81 bits per heavy atom. The second-order valence-corrected chi connectivity index (χ2v) is 8.39. The summed E-state index contributed by atoms with van der Waals surface area (Å²) >= 11 is 0. The summed E-state index contributed by atoms with van der Waals surface area (Å²) in [6, 6.07) is 3.70. The van der Waals surface area contributed by atoms with Crippen LogP contribution in [0.25, 0.3) is 0 Å². The number of ether oxygens (including phenoxy) is 2. The van der Waals surface area contributed by atoms with Gasteiger partial charge in [-0.05, 0) is 51.9 Å². The maximum absolute atomic E-state index is 11.1. The third-order valence-corrected chi connectivity index (χ3v) is 7.08. The smallest absolute Gasteiger partial charge is 0.317 e. The largest absolute Gasteiger partial charge is 0.504 e. The zero-order chi connectivity index (χ0) is 19.6. The molecule has 1 aliphatic heterocycles. The van der Waals surface area contributed by atoms with Gasteiger partial charge in [-0.15, -0.1) is 0 Å². The molecule has 27 heavy (non-hydrogen) atoms. The summed E-state index contributed by atoms with van der Waals surface area (Å²) in [5, 5.41) is 22.7. The summed E-state index contributed by atoms with van der Waals surface area (Å²) in [5.41, 5.74) is 1.22. The highest BCUT2D eigenvalue weighted by molar-refractivity contribution is 5.69. The molecule has 3 aliphatic rings. The summed E-state index contributed by atoms with van der Waals surface area (Å²) in [6.45, 7) is 2.03. The summed E-state index contributed by atoms with van der Waals surface area (Å²) < 4.78 is 12.6. The average Bonchev–Trinajstić information content (AvgIpc) is 2.95. The number of nitrogens with one attached hydrogen (secondary N) is 1. The quantitative estimate of drug-likeness (QED) is 0.709. The highest BCUT2D eigenvalue weighted by atomic mass is 16.5. The van der Waals surface area contributed by atoms with Crippen LogP contribution in [-0.4, -0.2) is 72.6 Å². The van der Waals surface area contributed by atoms with Crippen LogP contribution in [-0.2, 0) is 21.4 Å². The zero-order valence-electron chi connectivity index (χ0n) is 16.3. The van der Waals surface area contributed by atoms with Gasteiger partial charge in [0.1, 0.15) is 6.10 Å². The molecule has 1 saturated carbocycles. The highest BCUT2D eigenvalue weighted by Crippen LogP contribution is 2.63. The van der Waals surface area contributed by atoms with Crippen molar-refractivity contribution >= 4 is 5.97 Å². The summed E-state index contributed by atoms with van der Waals surface area (Å²) in [6.07, 6.45) is 2.04. The van der Waals surface area contributed by atoms with Gasteiger partial charge in [-0.1, -0.05) is 6.07 Å². The summed E-state index contributed by atoms with van der Waals surface area (Å²) in [5.74, 6) is -0.227. The molecule has 7 nitrogen and oxygen atoms in total. The van der Waals surface area contributed by atoms with E-state index in [2.05, 4.69) is 31.2 Å². The maximum Gasteiger partial charge on any atom is 0.317 e. The molecule has 0 radical (unpaired) electrons. The fraction of sp³-hybridized carbons (Fsp3) is 0.650. The van der Waals surface area contributed by atoms with Gasteiger partial charge in [-0.3, -0.25) is 4.79 Å². The molecule has 0 aromatic heterocycles. The number of carboxylic acids is 1. The van der Waals surface area contributed by atoms with Crippen molar-refractivity contribution in [2.45, 2.75) is 55.4 Å². The van der Waals surface area contributed by atoms with Gasteiger partial charge in [-0.25, -0.2) is 0 Å². The second-order valence-electron chi connectivity index (χ2n) is 8.39. The number of rotatable bonds is 5. The molecule has 1 heterocycles. The molecule has 1 aromatic carbocycles. The monoisotopic (exact) mass is 376 g/mol. The van der Waals surface area contributed by atoms with Gasteiger partial charge >= 0.3 is 5.97 Å². The Kier molecular flexibility index (Phi) is 4.18. The van der Waals surface area contributed by atoms with Crippen LogP contribution >= 0.6 is 0 Å². The number of benzene rings is 1. The standard InChI is InChI=1S/C20H28N2O5/c1-19-16-11-5-6-13(23)17(16)27-18(19)12(21-10-15(24)25)7-8-20(19,26-4)14(9-11)22(2)3/h5-6,12,14,18,21,23H,7-10H2,1-4H3,(H,24,25)/t12-,14?,18-,19?,20+/m0/s1. The number of phenolic OH excluding ortho intramolecular Hbond substituents is 1. The summed E-state index contributed by atoms with van der Waals surface area (Å²) in [4.78, 5) is 13.3. The van der Waals surface area contributed by atoms with Crippen molar-refractivity contribution in [1.82, 2.24) is 10.2 Å². The number of likely N-dealkylation sites (N-methyl/N-ethyl adjacent to an activating group) is 1. The SMILES string of the molecule is CO[C@@]12CC[C@H](NCC(=O)O)[C@@H]3Oc4c(O)ccc(c4C31C)CC2N(C)C. The van der Waals surface area contributed by atoms with Crippen LogP contribution in [0, 0.1) is 0 Å². The van der Waals surface area contributed by atoms with E-state index in [1.807, 2.05) is 6.07 Å². The molecule has 2 unspecified atom stereocenters. The van der Waals surface area contributed by atoms with Gasteiger partial charge in [0.15, 0.2) is 11.5 Å². The molecule has 1 aromatic rings. The summed E-state index contributed by atoms with van der Waals surface area (Å²) in [7, 11) is 5.90. The Morgan fingerprint density at radius 2 is 2.19 bits per heavy atom. The predicted octanol–water partition coefficient (Wildman–Crippen LogP) is 1.12. The van der Waals surface area contributed by atoms with Crippen LogP contribution in [0.1, 0.15) is 30.9 Å². The fourth-order valence-electron chi connectivity index (χ4n) is 5.94. The molecule has 0 saturated heterocycles. The molecule has 0 spiro atoms. The normalized spacial score (nSPS) is 36.4. The van der Waals surface area contributed by atoms with Gasteiger partial charge in [0, 0.05) is 24.8 Å². The Labute approximate surface area is 159 Å². The first kappa shape index (κ1) is 18.5. The second kappa shape index (κ2) is 6.09. The average molecular weight is 376 g/mol. The molecule has 148 valence electrons. The molecule has 1 fully saturated rings. The van der Waals surface area contributed by atoms with E-state index >= 15 is 0 Å². The number of phenols is 1. The Bertz CT molecular complexity index is 782. The topological polar surface area (TPSA) is 91.3 Å². The van der Waals surface area contributed by atoms with Crippen LogP contribution in [0.3, 0.4) is 0 Å². The number of aliphatic carboxylic acids is 1. The molecule has 4 rings (SSSR count). The number of carbonyl (C=O) groups is 1. The van der Waals surface area contributed by atoms with Gasteiger partial charge in [0.25, 0.3) is 0 Å². The third kappa shape index (κ3) is 2.28. The molecular formula is C20H28N2O5. The Balaban J connectivity index is 1.89. The Hall–Kier alpha value is -1.83. The predicted molar refractivity (Wildman–Crippen MR) is 99.5 cm³/mol. The van der Waals surface area contributed by atoms with E-state index in [4.69, 9.17) is 14.6 Å². The molecular weight excluding hydrogens is 348 g/mol. The van der Waals surface area contributed by atoms with Crippen molar-refractivity contribution in [3.05, 3.63) is 23.3 Å². The van der Waals surface area contributed by atoms with Crippen molar-refractivity contribution in [3.63, 3.8) is 0 Å². The molecule has 0 amide bonds. The van der Waals surface area contributed by atoms with Crippen molar-refractivity contribution in [2.24, 2.45) is 0 Å². The van der Waals surface area contributed by atoms with Crippen LogP contribution in [0.15, 0.2) is 12.1 Å². The van der Waals surface area contributed by atoms with Crippen molar-refractivity contribution in [1.29, 1.82) is 0 Å². The lowest BCUT2D eigenvalue weighted by molar-refractivity contribution is -0.172. The lowest BCUT2D eigenvalue weighted by Crippen LogP contribution is -2.74. The number of carboxylic acid groups (broad SMARTS) is 1. The minimum absolute atomic E-state index is 0.118. The lowest BCUT2D eigenvalue weighted by Gasteiger charge is -2.60. The van der Waals surface area contributed by atoms with E-state index in [9.17, 15) is 9.90 Å².